The molecule has 0 saturated carbocycles. The number of halogens is 1. The number of anilines is 3. The number of aromatic nitrogens is 3. The summed E-state index contributed by atoms with van der Waals surface area (Å²) in [5, 5.41) is 5.95. The fraction of sp³-hybridized carbons (Fsp3) is 0.133. The standard InChI is InChI=1S/C15H14BrN5O2/c1-23-9-13(22)19-10-2-4-11(5-3-10)20-14-15-18-8-12(16)21(15)7-6-17-14/h2-8H,9H2,1H3,(H,17,20)(H,19,22). The molecule has 0 bridgehead atoms. The van der Waals surface area contributed by atoms with Gasteiger partial charge < -0.3 is 15.4 Å². The zero-order valence-electron chi connectivity index (χ0n) is 12.3. The van der Waals surface area contributed by atoms with Crippen LogP contribution in [0.1, 0.15) is 0 Å². The molecule has 1 aromatic carbocycles. The third kappa shape index (κ3) is 3.49. The Kier molecular flexibility index (Phi) is 4.54. The second-order valence-electron chi connectivity index (χ2n) is 4.73. The molecule has 0 aliphatic carbocycles. The van der Waals surface area contributed by atoms with E-state index in [1.807, 2.05) is 22.7 Å². The highest BCUT2D eigenvalue weighted by molar-refractivity contribution is 9.10. The molecule has 8 heteroatoms. The van der Waals surface area contributed by atoms with E-state index in [1.54, 1.807) is 24.5 Å². The van der Waals surface area contributed by atoms with Gasteiger partial charge in [0.2, 0.25) is 5.91 Å². The van der Waals surface area contributed by atoms with E-state index in [0.29, 0.717) is 11.5 Å². The Balaban J connectivity index is 1.76. The molecule has 2 aromatic heterocycles. The monoisotopic (exact) mass is 375 g/mol. The Hall–Kier alpha value is -2.45. The van der Waals surface area contributed by atoms with Crippen LogP contribution in [0.25, 0.3) is 5.65 Å². The van der Waals surface area contributed by atoms with Crippen molar-refractivity contribution in [3.05, 3.63) is 47.5 Å². The van der Waals surface area contributed by atoms with Crippen LogP contribution in [0.3, 0.4) is 0 Å². The summed E-state index contributed by atoms with van der Waals surface area (Å²) in [6.07, 6.45) is 5.24. The molecule has 2 N–H and O–H groups in total. The number of nitrogens with zero attached hydrogens (tertiary/aromatic N) is 3. The predicted octanol–water partition coefficient (Wildman–Crippen LogP) is 2.82. The number of benzene rings is 1. The molecule has 23 heavy (non-hydrogen) atoms. The minimum absolute atomic E-state index is 0.0285. The van der Waals surface area contributed by atoms with Crippen molar-refractivity contribution in [3.63, 3.8) is 0 Å². The number of carbonyl (C=O) groups is 1. The second kappa shape index (κ2) is 6.76. The molecule has 0 aliphatic heterocycles. The number of carbonyl (C=O) groups excluding carboxylic acids is 1. The van der Waals surface area contributed by atoms with E-state index in [0.717, 1.165) is 15.9 Å². The van der Waals surface area contributed by atoms with Crippen molar-refractivity contribution in [1.82, 2.24) is 14.4 Å². The largest absolute Gasteiger partial charge is 0.375 e. The van der Waals surface area contributed by atoms with Crippen LogP contribution in [0.4, 0.5) is 17.2 Å². The molecule has 0 fully saturated rings. The molecule has 118 valence electrons. The summed E-state index contributed by atoms with van der Waals surface area (Å²) in [7, 11) is 1.48. The molecular weight excluding hydrogens is 362 g/mol. The Labute approximate surface area is 140 Å². The van der Waals surface area contributed by atoms with Crippen molar-refractivity contribution in [2.45, 2.75) is 0 Å². The van der Waals surface area contributed by atoms with Crippen molar-refractivity contribution in [2.24, 2.45) is 0 Å². The molecule has 2 heterocycles. The number of hydrogen-bond donors (Lipinski definition) is 2. The Morgan fingerprint density at radius 2 is 2.00 bits per heavy atom. The maximum absolute atomic E-state index is 11.5. The summed E-state index contributed by atoms with van der Waals surface area (Å²) in [5.74, 6) is 0.455. The number of methoxy groups -OCH3 is 1. The van der Waals surface area contributed by atoms with Gasteiger partial charge in [-0.1, -0.05) is 0 Å². The lowest BCUT2D eigenvalue weighted by molar-refractivity contribution is -0.119. The SMILES string of the molecule is COCC(=O)Nc1ccc(Nc2nccn3c(Br)cnc23)cc1. The molecule has 0 radical (unpaired) electrons. The van der Waals surface area contributed by atoms with Gasteiger partial charge in [-0.05, 0) is 40.2 Å². The van der Waals surface area contributed by atoms with Crippen molar-refractivity contribution in [1.29, 1.82) is 0 Å². The molecule has 3 aromatic rings. The lowest BCUT2D eigenvalue weighted by Gasteiger charge is -2.08. The van der Waals surface area contributed by atoms with Crippen LogP contribution < -0.4 is 10.6 Å². The maximum Gasteiger partial charge on any atom is 0.250 e. The minimum Gasteiger partial charge on any atom is -0.375 e. The molecular formula is C15H14BrN5O2. The highest BCUT2D eigenvalue weighted by Gasteiger charge is 2.07. The average molecular weight is 376 g/mol. The maximum atomic E-state index is 11.5. The summed E-state index contributed by atoms with van der Waals surface area (Å²) in [6, 6.07) is 7.31. The second-order valence-corrected chi connectivity index (χ2v) is 5.55. The van der Waals surface area contributed by atoms with E-state index in [4.69, 9.17) is 4.74 Å². The van der Waals surface area contributed by atoms with E-state index in [2.05, 4.69) is 36.5 Å². The van der Waals surface area contributed by atoms with Crippen molar-refractivity contribution in [2.75, 3.05) is 24.4 Å². The number of hydrogen-bond acceptors (Lipinski definition) is 5. The summed E-state index contributed by atoms with van der Waals surface area (Å²) < 4.78 is 7.51. The lowest BCUT2D eigenvalue weighted by Crippen LogP contribution is -2.16. The number of rotatable bonds is 5. The van der Waals surface area contributed by atoms with E-state index >= 15 is 0 Å². The number of amides is 1. The van der Waals surface area contributed by atoms with Crippen LogP contribution in [0.2, 0.25) is 0 Å². The van der Waals surface area contributed by atoms with Gasteiger partial charge in [0.25, 0.3) is 0 Å². The summed E-state index contributed by atoms with van der Waals surface area (Å²) in [5.41, 5.74) is 2.26. The average Bonchev–Trinajstić information content (AvgIpc) is 2.92. The van der Waals surface area contributed by atoms with Gasteiger partial charge in [-0.2, -0.15) is 0 Å². The third-order valence-electron chi connectivity index (χ3n) is 3.09. The van der Waals surface area contributed by atoms with E-state index in [-0.39, 0.29) is 12.5 Å². The zero-order chi connectivity index (χ0) is 16.2. The normalized spacial score (nSPS) is 10.7. The summed E-state index contributed by atoms with van der Waals surface area (Å²) in [4.78, 5) is 20.1. The summed E-state index contributed by atoms with van der Waals surface area (Å²) >= 11 is 3.43. The smallest absolute Gasteiger partial charge is 0.250 e. The third-order valence-corrected chi connectivity index (χ3v) is 3.68. The van der Waals surface area contributed by atoms with Gasteiger partial charge in [-0.3, -0.25) is 9.20 Å². The van der Waals surface area contributed by atoms with Crippen LogP contribution >= 0.6 is 15.9 Å². The van der Waals surface area contributed by atoms with E-state index < -0.39 is 0 Å². The molecule has 1 amide bonds. The first-order valence-electron chi connectivity index (χ1n) is 6.81. The predicted molar refractivity (Wildman–Crippen MR) is 90.9 cm³/mol. The minimum atomic E-state index is -0.193. The highest BCUT2D eigenvalue weighted by Crippen LogP contribution is 2.22. The van der Waals surface area contributed by atoms with Gasteiger partial charge in [0.15, 0.2) is 11.5 Å². The molecule has 0 atom stereocenters. The number of ether oxygens (including phenoxy) is 1. The zero-order valence-corrected chi connectivity index (χ0v) is 13.9. The highest BCUT2D eigenvalue weighted by atomic mass is 79.9. The van der Waals surface area contributed by atoms with Crippen LogP contribution in [0.5, 0.6) is 0 Å². The van der Waals surface area contributed by atoms with Gasteiger partial charge in [0, 0.05) is 30.9 Å². The van der Waals surface area contributed by atoms with Crippen molar-refractivity contribution >= 4 is 44.7 Å². The Bertz CT molecular complexity index is 832. The van der Waals surface area contributed by atoms with Crippen LogP contribution in [0, 0.1) is 0 Å². The molecule has 3 rings (SSSR count). The molecule has 0 saturated heterocycles. The Morgan fingerprint density at radius 3 is 2.74 bits per heavy atom. The van der Waals surface area contributed by atoms with Gasteiger partial charge in [0.05, 0.1) is 6.20 Å². The van der Waals surface area contributed by atoms with Crippen LogP contribution in [-0.2, 0) is 9.53 Å². The van der Waals surface area contributed by atoms with E-state index in [9.17, 15) is 4.79 Å². The van der Waals surface area contributed by atoms with Gasteiger partial charge in [-0.15, -0.1) is 0 Å². The van der Waals surface area contributed by atoms with Crippen LogP contribution in [-0.4, -0.2) is 34.0 Å². The number of imidazole rings is 1. The molecule has 7 nitrogen and oxygen atoms in total. The first-order valence-corrected chi connectivity index (χ1v) is 7.60. The molecule has 0 aliphatic rings. The Morgan fingerprint density at radius 1 is 1.26 bits per heavy atom. The topological polar surface area (TPSA) is 80.5 Å². The van der Waals surface area contributed by atoms with Gasteiger partial charge in [-0.25, -0.2) is 9.97 Å². The van der Waals surface area contributed by atoms with Crippen molar-refractivity contribution in [3.8, 4) is 0 Å². The van der Waals surface area contributed by atoms with Gasteiger partial charge >= 0.3 is 0 Å². The fourth-order valence-electron chi connectivity index (χ4n) is 2.08. The molecule has 0 unspecified atom stereocenters. The van der Waals surface area contributed by atoms with Crippen molar-refractivity contribution < 1.29 is 9.53 Å². The lowest BCUT2D eigenvalue weighted by atomic mass is 10.2. The fourth-order valence-corrected chi connectivity index (χ4v) is 2.47. The van der Waals surface area contributed by atoms with E-state index in [1.165, 1.54) is 7.11 Å². The summed E-state index contributed by atoms with van der Waals surface area (Å²) in [6.45, 7) is 0.0285. The first kappa shape index (κ1) is 15.4. The number of nitrogens with one attached hydrogen (secondary N) is 2. The number of fused-ring (bicyclic) bond motifs is 1. The van der Waals surface area contributed by atoms with Crippen LogP contribution in [0.15, 0.2) is 47.5 Å². The molecule has 0 spiro atoms. The first-order chi connectivity index (χ1) is 11.2. The quantitative estimate of drug-likeness (QED) is 0.716. The van der Waals surface area contributed by atoms with Gasteiger partial charge in [0.1, 0.15) is 11.2 Å².